The third-order valence-electron chi connectivity index (χ3n) is 2.54. The number of hydrogen-bond donors (Lipinski definition) is 2. The second-order valence-corrected chi connectivity index (χ2v) is 4.08. The van der Waals surface area contributed by atoms with Crippen LogP contribution in [0.3, 0.4) is 0 Å². The van der Waals surface area contributed by atoms with Crippen molar-refractivity contribution in [3.8, 4) is 0 Å². The van der Waals surface area contributed by atoms with Gasteiger partial charge in [0.2, 0.25) is 0 Å². The van der Waals surface area contributed by atoms with Crippen molar-refractivity contribution in [2.75, 3.05) is 20.3 Å². The van der Waals surface area contributed by atoms with Crippen molar-refractivity contribution < 1.29 is 4.74 Å². The van der Waals surface area contributed by atoms with Crippen LogP contribution in [0, 0.1) is 6.92 Å². The van der Waals surface area contributed by atoms with E-state index in [0.717, 1.165) is 13.1 Å². The lowest BCUT2D eigenvalue weighted by Gasteiger charge is -2.09. The van der Waals surface area contributed by atoms with E-state index < -0.39 is 0 Å². The number of hydrogen-bond acceptors (Lipinski definition) is 3. The molecule has 1 aromatic heterocycles. The standard InChI is InChI=1S/C11H20N4OS/c1-4-15-9(2)10(8-14-15)7-13-11(17)12-5-6-16-3/h8H,4-7H2,1-3H3,(H2,12,13,17). The molecule has 0 aliphatic rings. The number of aromatic nitrogens is 2. The lowest BCUT2D eigenvalue weighted by atomic mass is 10.2. The SMILES string of the molecule is CCn1ncc(CNC(=S)NCCOC)c1C. The van der Waals surface area contributed by atoms with Crippen molar-refractivity contribution in [1.29, 1.82) is 0 Å². The summed E-state index contributed by atoms with van der Waals surface area (Å²) in [4.78, 5) is 0. The van der Waals surface area contributed by atoms with Gasteiger partial charge in [0, 0.05) is 38.0 Å². The zero-order chi connectivity index (χ0) is 12.7. The molecule has 5 nitrogen and oxygen atoms in total. The fraction of sp³-hybridized carbons (Fsp3) is 0.636. The zero-order valence-corrected chi connectivity index (χ0v) is 11.4. The Morgan fingerprint density at radius 1 is 1.53 bits per heavy atom. The molecule has 0 radical (unpaired) electrons. The van der Waals surface area contributed by atoms with Crippen LogP contribution >= 0.6 is 12.2 Å². The van der Waals surface area contributed by atoms with Crippen molar-refractivity contribution in [3.63, 3.8) is 0 Å². The maximum Gasteiger partial charge on any atom is 0.166 e. The average Bonchev–Trinajstić information content (AvgIpc) is 2.68. The summed E-state index contributed by atoms with van der Waals surface area (Å²) < 4.78 is 6.90. The molecule has 0 aliphatic carbocycles. The van der Waals surface area contributed by atoms with Gasteiger partial charge in [-0.2, -0.15) is 5.10 Å². The molecular formula is C11H20N4OS. The topological polar surface area (TPSA) is 51.1 Å². The van der Waals surface area contributed by atoms with Crippen LogP contribution in [0.2, 0.25) is 0 Å². The van der Waals surface area contributed by atoms with E-state index in [-0.39, 0.29) is 0 Å². The van der Waals surface area contributed by atoms with Gasteiger partial charge in [-0.1, -0.05) is 0 Å². The predicted molar refractivity (Wildman–Crippen MR) is 72.0 cm³/mol. The lowest BCUT2D eigenvalue weighted by molar-refractivity contribution is 0.204. The first kappa shape index (κ1) is 13.9. The monoisotopic (exact) mass is 256 g/mol. The minimum absolute atomic E-state index is 0.644. The smallest absolute Gasteiger partial charge is 0.166 e. The van der Waals surface area contributed by atoms with Crippen molar-refractivity contribution in [2.24, 2.45) is 0 Å². The molecule has 0 saturated heterocycles. The fourth-order valence-corrected chi connectivity index (χ4v) is 1.66. The van der Waals surface area contributed by atoms with Gasteiger partial charge in [0.15, 0.2) is 5.11 Å². The number of aryl methyl sites for hydroxylation is 1. The van der Waals surface area contributed by atoms with Crippen LogP contribution in [0.1, 0.15) is 18.2 Å². The molecule has 0 saturated carbocycles. The van der Waals surface area contributed by atoms with Crippen molar-refractivity contribution >= 4 is 17.3 Å². The Morgan fingerprint density at radius 3 is 2.88 bits per heavy atom. The molecule has 0 amide bonds. The van der Waals surface area contributed by atoms with Gasteiger partial charge in [-0.3, -0.25) is 4.68 Å². The van der Waals surface area contributed by atoms with Crippen LogP contribution in [0.4, 0.5) is 0 Å². The van der Waals surface area contributed by atoms with E-state index in [2.05, 4.69) is 29.6 Å². The molecule has 1 aromatic rings. The van der Waals surface area contributed by atoms with Gasteiger partial charge in [0.25, 0.3) is 0 Å². The molecule has 0 bridgehead atoms. The maximum absolute atomic E-state index is 5.14. The van der Waals surface area contributed by atoms with Gasteiger partial charge in [-0.25, -0.2) is 0 Å². The van der Waals surface area contributed by atoms with E-state index in [9.17, 15) is 0 Å². The summed E-state index contributed by atoms with van der Waals surface area (Å²) in [7, 11) is 1.67. The molecule has 0 aliphatic heterocycles. The minimum Gasteiger partial charge on any atom is -0.383 e. The molecule has 0 unspecified atom stereocenters. The summed E-state index contributed by atoms with van der Waals surface area (Å²) in [6.45, 7) is 7.10. The average molecular weight is 256 g/mol. The van der Waals surface area contributed by atoms with E-state index in [4.69, 9.17) is 17.0 Å². The molecule has 0 atom stereocenters. The molecule has 0 spiro atoms. The normalized spacial score (nSPS) is 10.3. The minimum atomic E-state index is 0.644. The highest BCUT2D eigenvalue weighted by molar-refractivity contribution is 7.80. The fourth-order valence-electron chi connectivity index (χ4n) is 1.48. The Kier molecular flexibility index (Phi) is 5.93. The highest BCUT2D eigenvalue weighted by Crippen LogP contribution is 2.06. The number of ether oxygens (including phenoxy) is 1. The predicted octanol–water partition coefficient (Wildman–Crippen LogP) is 0.822. The molecule has 6 heteroatoms. The number of thiocarbonyl (C=S) groups is 1. The third kappa shape index (κ3) is 4.32. The molecule has 17 heavy (non-hydrogen) atoms. The number of methoxy groups -OCH3 is 1. The van der Waals surface area contributed by atoms with E-state index in [0.29, 0.717) is 18.3 Å². The summed E-state index contributed by atoms with van der Waals surface area (Å²) in [6, 6.07) is 0. The van der Waals surface area contributed by atoms with Crippen LogP contribution in [0.5, 0.6) is 0 Å². The number of nitrogens with one attached hydrogen (secondary N) is 2. The van der Waals surface area contributed by atoms with Gasteiger partial charge in [0.05, 0.1) is 12.8 Å². The molecule has 96 valence electrons. The van der Waals surface area contributed by atoms with Gasteiger partial charge in [0.1, 0.15) is 0 Å². The zero-order valence-electron chi connectivity index (χ0n) is 10.6. The summed E-state index contributed by atoms with van der Waals surface area (Å²) in [6.07, 6.45) is 1.88. The molecule has 0 fully saturated rings. The second-order valence-electron chi connectivity index (χ2n) is 3.67. The number of rotatable bonds is 6. The van der Waals surface area contributed by atoms with E-state index in [1.165, 1.54) is 11.3 Å². The van der Waals surface area contributed by atoms with Crippen molar-refractivity contribution in [1.82, 2.24) is 20.4 Å². The summed E-state index contributed by atoms with van der Waals surface area (Å²) in [5.74, 6) is 0. The first-order valence-corrected chi connectivity index (χ1v) is 6.11. The van der Waals surface area contributed by atoms with Crippen LogP contribution < -0.4 is 10.6 Å². The van der Waals surface area contributed by atoms with Gasteiger partial charge in [-0.15, -0.1) is 0 Å². The Labute approximate surface area is 108 Å². The Morgan fingerprint density at radius 2 is 2.29 bits per heavy atom. The van der Waals surface area contributed by atoms with Gasteiger partial charge in [-0.05, 0) is 26.1 Å². The summed E-state index contributed by atoms with van der Waals surface area (Å²) >= 11 is 5.14. The van der Waals surface area contributed by atoms with E-state index >= 15 is 0 Å². The van der Waals surface area contributed by atoms with Crippen molar-refractivity contribution in [3.05, 3.63) is 17.5 Å². The molecule has 1 rings (SSSR count). The van der Waals surface area contributed by atoms with Crippen LogP contribution in [-0.2, 0) is 17.8 Å². The molecular weight excluding hydrogens is 236 g/mol. The quantitative estimate of drug-likeness (QED) is 0.583. The molecule has 1 heterocycles. The number of nitrogens with zero attached hydrogens (tertiary/aromatic N) is 2. The van der Waals surface area contributed by atoms with Gasteiger partial charge < -0.3 is 15.4 Å². The summed E-state index contributed by atoms with van der Waals surface area (Å²) in [5, 5.41) is 11.1. The Bertz CT molecular complexity index is 364. The summed E-state index contributed by atoms with van der Waals surface area (Å²) in [5.41, 5.74) is 2.35. The highest BCUT2D eigenvalue weighted by Gasteiger charge is 2.05. The Hall–Kier alpha value is -1.14. The molecule has 0 aromatic carbocycles. The first-order chi connectivity index (χ1) is 8.19. The van der Waals surface area contributed by atoms with Crippen LogP contribution in [0.25, 0.3) is 0 Å². The molecule has 2 N–H and O–H groups in total. The van der Waals surface area contributed by atoms with E-state index in [1.54, 1.807) is 7.11 Å². The lowest BCUT2D eigenvalue weighted by Crippen LogP contribution is -2.36. The largest absolute Gasteiger partial charge is 0.383 e. The first-order valence-electron chi connectivity index (χ1n) is 5.71. The second kappa shape index (κ2) is 7.24. The third-order valence-corrected chi connectivity index (χ3v) is 2.82. The van der Waals surface area contributed by atoms with Gasteiger partial charge >= 0.3 is 0 Å². The van der Waals surface area contributed by atoms with Crippen LogP contribution in [-0.4, -0.2) is 35.2 Å². The Balaban J connectivity index is 2.34. The van der Waals surface area contributed by atoms with Crippen molar-refractivity contribution in [2.45, 2.75) is 26.9 Å². The van der Waals surface area contributed by atoms with E-state index in [1.807, 2.05) is 10.9 Å². The van der Waals surface area contributed by atoms with Crippen LogP contribution in [0.15, 0.2) is 6.20 Å². The highest BCUT2D eigenvalue weighted by atomic mass is 32.1. The maximum atomic E-state index is 5.14.